The molecule has 122 valence electrons. The topological polar surface area (TPSA) is 103 Å². The highest BCUT2D eigenvalue weighted by molar-refractivity contribution is 6.33. The number of esters is 1. The maximum Gasteiger partial charge on any atom is 0.349 e. The van der Waals surface area contributed by atoms with Crippen molar-refractivity contribution in [3.8, 4) is 17.4 Å². The number of halogens is 1. The van der Waals surface area contributed by atoms with Gasteiger partial charge in [-0.25, -0.2) is 4.79 Å². The molecule has 0 bridgehead atoms. The van der Waals surface area contributed by atoms with Crippen LogP contribution in [-0.2, 0) is 9.53 Å². The fraction of sp³-hybridized carbons (Fsp3) is 0.118. The molecule has 6 nitrogen and oxygen atoms in total. The molecule has 0 aliphatic carbocycles. The van der Waals surface area contributed by atoms with Crippen molar-refractivity contribution in [1.29, 1.82) is 5.26 Å². The van der Waals surface area contributed by atoms with Crippen LogP contribution >= 0.6 is 11.6 Å². The predicted molar refractivity (Wildman–Crippen MR) is 83.7 cm³/mol. The summed E-state index contributed by atoms with van der Waals surface area (Å²) < 4.78 is 10.3. The standard InChI is InChI=1S/C17H12ClNO5/c1-2-23-17(22)11(9-19)7-12-4-6-15(24-12)10-3-5-14(18)13(8-10)16(20)21/h3-8H,2H2,1H3,(H,20,21)/p-1/b11-7+. The number of rotatable bonds is 5. The predicted octanol–water partition coefficient (Wildman–Crippen LogP) is 2.43. The molecule has 0 N–H and O–H groups in total. The van der Waals surface area contributed by atoms with Crippen LogP contribution in [0.15, 0.2) is 40.3 Å². The molecule has 2 rings (SSSR count). The normalized spacial score (nSPS) is 11.0. The Kier molecular flexibility index (Phi) is 5.40. The van der Waals surface area contributed by atoms with E-state index >= 15 is 0 Å². The summed E-state index contributed by atoms with van der Waals surface area (Å²) in [5.41, 5.74) is 0.101. The van der Waals surface area contributed by atoms with Crippen molar-refractivity contribution >= 4 is 29.6 Å². The first kappa shape index (κ1) is 17.3. The van der Waals surface area contributed by atoms with Gasteiger partial charge in [-0.3, -0.25) is 0 Å². The summed E-state index contributed by atoms with van der Waals surface area (Å²) in [6, 6.07) is 9.17. The number of carboxylic acids is 1. The second kappa shape index (κ2) is 7.49. The lowest BCUT2D eigenvalue weighted by Crippen LogP contribution is -2.22. The van der Waals surface area contributed by atoms with E-state index < -0.39 is 11.9 Å². The molecule has 0 fully saturated rings. The van der Waals surface area contributed by atoms with Gasteiger partial charge in [-0.15, -0.1) is 0 Å². The Hall–Kier alpha value is -3.04. The molecule has 0 aliphatic rings. The average Bonchev–Trinajstić information content (AvgIpc) is 3.01. The van der Waals surface area contributed by atoms with E-state index in [1.165, 1.54) is 18.2 Å². The molecule has 24 heavy (non-hydrogen) atoms. The number of carbonyl (C=O) groups is 2. The third-order valence-electron chi connectivity index (χ3n) is 3.00. The first-order valence-corrected chi connectivity index (χ1v) is 7.24. The Morgan fingerprint density at radius 2 is 2.12 bits per heavy atom. The molecule has 1 aromatic carbocycles. The summed E-state index contributed by atoms with van der Waals surface area (Å²) in [5, 5.41) is 20.1. The summed E-state index contributed by atoms with van der Waals surface area (Å²) in [6.07, 6.45) is 1.25. The van der Waals surface area contributed by atoms with Crippen LogP contribution in [0.25, 0.3) is 17.4 Å². The van der Waals surface area contributed by atoms with E-state index in [0.717, 1.165) is 0 Å². The van der Waals surface area contributed by atoms with Crippen molar-refractivity contribution in [2.24, 2.45) is 0 Å². The molecule has 1 aromatic heterocycles. The molecule has 0 spiro atoms. The quantitative estimate of drug-likeness (QED) is 0.469. The summed E-state index contributed by atoms with van der Waals surface area (Å²) in [6.45, 7) is 1.78. The summed E-state index contributed by atoms with van der Waals surface area (Å²) in [5.74, 6) is -1.55. The molecule has 0 saturated heterocycles. The number of nitriles is 1. The lowest BCUT2D eigenvalue weighted by atomic mass is 10.1. The van der Waals surface area contributed by atoms with E-state index in [0.29, 0.717) is 11.3 Å². The van der Waals surface area contributed by atoms with Gasteiger partial charge in [0, 0.05) is 22.2 Å². The Bertz CT molecular complexity index is 860. The first-order chi connectivity index (χ1) is 11.5. The number of hydrogen-bond donors (Lipinski definition) is 0. The van der Waals surface area contributed by atoms with E-state index in [1.54, 1.807) is 31.2 Å². The van der Waals surface area contributed by atoms with Gasteiger partial charge in [-0.1, -0.05) is 11.6 Å². The Labute approximate surface area is 142 Å². The maximum absolute atomic E-state index is 11.6. The molecule has 2 aromatic rings. The highest BCUT2D eigenvalue weighted by Crippen LogP contribution is 2.27. The van der Waals surface area contributed by atoms with Crippen molar-refractivity contribution in [3.05, 3.63) is 52.3 Å². The van der Waals surface area contributed by atoms with Gasteiger partial charge >= 0.3 is 5.97 Å². The second-order valence-electron chi connectivity index (χ2n) is 4.57. The van der Waals surface area contributed by atoms with Crippen LogP contribution < -0.4 is 5.11 Å². The summed E-state index contributed by atoms with van der Waals surface area (Å²) >= 11 is 5.79. The van der Waals surface area contributed by atoms with Crippen molar-refractivity contribution in [3.63, 3.8) is 0 Å². The van der Waals surface area contributed by atoms with Crippen LogP contribution in [0.1, 0.15) is 23.0 Å². The zero-order valence-electron chi connectivity index (χ0n) is 12.5. The third-order valence-corrected chi connectivity index (χ3v) is 3.33. The monoisotopic (exact) mass is 344 g/mol. The number of carboxylic acid groups (broad SMARTS) is 1. The van der Waals surface area contributed by atoms with Crippen LogP contribution in [-0.4, -0.2) is 18.5 Å². The number of aromatic carboxylic acids is 1. The lowest BCUT2D eigenvalue weighted by Gasteiger charge is -2.06. The molecular weight excluding hydrogens is 334 g/mol. The first-order valence-electron chi connectivity index (χ1n) is 6.86. The Balaban J connectivity index is 2.34. The molecule has 7 heteroatoms. The third kappa shape index (κ3) is 3.83. The molecule has 0 aliphatic heterocycles. The molecule has 0 radical (unpaired) electrons. The average molecular weight is 345 g/mol. The fourth-order valence-corrected chi connectivity index (χ4v) is 2.10. The van der Waals surface area contributed by atoms with Gasteiger partial charge in [0.1, 0.15) is 23.2 Å². The molecule has 0 atom stereocenters. The van der Waals surface area contributed by atoms with Crippen LogP contribution in [0.5, 0.6) is 0 Å². The number of ether oxygens (including phenoxy) is 1. The molecule has 0 saturated carbocycles. The second-order valence-corrected chi connectivity index (χ2v) is 4.98. The number of benzene rings is 1. The van der Waals surface area contributed by atoms with Crippen molar-refractivity contribution in [1.82, 2.24) is 0 Å². The Morgan fingerprint density at radius 1 is 1.38 bits per heavy atom. The number of furan rings is 1. The highest BCUT2D eigenvalue weighted by atomic mass is 35.5. The van der Waals surface area contributed by atoms with E-state index in [2.05, 4.69) is 0 Å². The minimum absolute atomic E-state index is 0.0551. The lowest BCUT2D eigenvalue weighted by molar-refractivity contribution is -0.255. The van der Waals surface area contributed by atoms with Crippen LogP contribution in [0.3, 0.4) is 0 Å². The molecule has 1 heterocycles. The van der Waals surface area contributed by atoms with Gasteiger partial charge in [-0.05, 0) is 37.3 Å². The zero-order chi connectivity index (χ0) is 17.7. The SMILES string of the molecule is CCOC(=O)/C(C#N)=C/c1ccc(-c2ccc(Cl)c(C(=O)[O-])c2)o1. The van der Waals surface area contributed by atoms with Gasteiger partial charge in [0.15, 0.2) is 0 Å². The van der Waals surface area contributed by atoms with Gasteiger partial charge in [0.25, 0.3) is 0 Å². The number of carbonyl (C=O) groups excluding carboxylic acids is 2. The van der Waals surface area contributed by atoms with E-state index in [1.807, 2.05) is 0 Å². The highest BCUT2D eigenvalue weighted by Gasteiger charge is 2.12. The van der Waals surface area contributed by atoms with Crippen molar-refractivity contribution < 1.29 is 23.8 Å². The number of hydrogen-bond acceptors (Lipinski definition) is 6. The van der Waals surface area contributed by atoms with Gasteiger partial charge in [0.2, 0.25) is 0 Å². The summed E-state index contributed by atoms with van der Waals surface area (Å²) in [7, 11) is 0. The fourth-order valence-electron chi connectivity index (χ4n) is 1.91. The van der Waals surface area contributed by atoms with Crippen molar-refractivity contribution in [2.75, 3.05) is 6.61 Å². The molecular formula is C17H11ClNO5-. The molecule has 0 amide bonds. The van der Waals surface area contributed by atoms with Gasteiger partial charge in [-0.2, -0.15) is 5.26 Å². The van der Waals surface area contributed by atoms with Crippen molar-refractivity contribution in [2.45, 2.75) is 6.92 Å². The minimum atomic E-state index is -1.40. The van der Waals surface area contributed by atoms with Crippen LogP contribution in [0.2, 0.25) is 5.02 Å². The van der Waals surface area contributed by atoms with E-state index in [9.17, 15) is 14.7 Å². The van der Waals surface area contributed by atoms with Gasteiger partial charge < -0.3 is 19.1 Å². The maximum atomic E-state index is 11.6. The zero-order valence-corrected chi connectivity index (χ0v) is 13.3. The molecule has 0 unspecified atom stereocenters. The Morgan fingerprint density at radius 3 is 2.75 bits per heavy atom. The number of nitrogens with zero attached hydrogens (tertiary/aromatic N) is 1. The smallest absolute Gasteiger partial charge is 0.349 e. The summed E-state index contributed by atoms with van der Waals surface area (Å²) in [4.78, 5) is 22.6. The van der Waals surface area contributed by atoms with Crippen LogP contribution in [0.4, 0.5) is 0 Å². The van der Waals surface area contributed by atoms with Crippen LogP contribution in [0, 0.1) is 11.3 Å². The minimum Gasteiger partial charge on any atom is -0.545 e. The largest absolute Gasteiger partial charge is 0.545 e. The van der Waals surface area contributed by atoms with E-state index in [4.69, 9.17) is 26.0 Å². The van der Waals surface area contributed by atoms with E-state index in [-0.39, 0.29) is 28.5 Å². The van der Waals surface area contributed by atoms with Gasteiger partial charge in [0.05, 0.1) is 12.6 Å².